The van der Waals surface area contributed by atoms with E-state index in [2.05, 4.69) is 0 Å². The number of ether oxygens (including phenoxy) is 1. The van der Waals surface area contributed by atoms with Gasteiger partial charge in [0.05, 0.1) is 10.5 Å². The highest BCUT2D eigenvalue weighted by Gasteiger charge is 2.25. The Labute approximate surface area is 162 Å². The Morgan fingerprint density at radius 1 is 1.21 bits per heavy atom. The first kappa shape index (κ1) is 21.3. The number of nitro groups is 1. The van der Waals surface area contributed by atoms with Crippen LogP contribution in [0.25, 0.3) is 0 Å². The van der Waals surface area contributed by atoms with Gasteiger partial charge in [0, 0.05) is 35.8 Å². The van der Waals surface area contributed by atoms with E-state index < -0.39 is 43.7 Å². The van der Waals surface area contributed by atoms with E-state index in [4.69, 9.17) is 4.74 Å². The highest BCUT2D eigenvalue weighted by atomic mass is 32.2. The zero-order valence-corrected chi connectivity index (χ0v) is 16.7. The summed E-state index contributed by atoms with van der Waals surface area (Å²) in [4.78, 5) is 34.3. The van der Waals surface area contributed by atoms with Crippen molar-refractivity contribution in [2.24, 2.45) is 0 Å². The third-order valence-corrected chi connectivity index (χ3v) is 5.46. The number of rotatable bonds is 7. The number of hydrogen-bond donors (Lipinski definition) is 0. The second-order valence-corrected chi connectivity index (χ2v) is 8.22. The van der Waals surface area contributed by atoms with E-state index in [1.165, 1.54) is 0 Å². The van der Waals surface area contributed by atoms with Crippen molar-refractivity contribution in [3.8, 4) is 0 Å². The average Bonchev–Trinajstić information content (AvgIpc) is 2.91. The number of ketones is 1. The minimum atomic E-state index is -3.84. The van der Waals surface area contributed by atoms with Crippen molar-refractivity contribution in [3.63, 3.8) is 0 Å². The van der Waals surface area contributed by atoms with Crippen LogP contribution in [0.5, 0.6) is 0 Å². The number of benzene rings is 1. The molecule has 0 amide bonds. The minimum Gasteiger partial charge on any atom is -0.454 e. The molecule has 150 valence electrons. The molecule has 1 aromatic heterocycles. The summed E-state index contributed by atoms with van der Waals surface area (Å²) in [6.45, 7) is 5.76. The molecule has 1 heterocycles. The molecule has 0 fully saturated rings. The van der Waals surface area contributed by atoms with Crippen molar-refractivity contribution in [1.82, 2.24) is 4.57 Å². The molecule has 10 heteroatoms. The third-order valence-electron chi connectivity index (χ3n) is 4.32. The first-order valence-electron chi connectivity index (χ1n) is 8.32. The van der Waals surface area contributed by atoms with Gasteiger partial charge in [0.15, 0.2) is 16.4 Å². The predicted molar refractivity (Wildman–Crippen MR) is 100 cm³/mol. The molecule has 0 radical (unpaired) electrons. The lowest BCUT2D eigenvalue weighted by Gasteiger charge is -2.07. The number of Topliss-reactive ketones (excluding diaryl/α,β-unsaturated/α-hetero) is 1. The maximum absolute atomic E-state index is 12.4. The van der Waals surface area contributed by atoms with Gasteiger partial charge in [0.2, 0.25) is 5.78 Å². The van der Waals surface area contributed by atoms with Crippen LogP contribution in [0.15, 0.2) is 29.2 Å². The van der Waals surface area contributed by atoms with Gasteiger partial charge < -0.3 is 9.30 Å². The zero-order valence-electron chi connectivity index (χ0n) is 15.9. The summed E-state index contributed by atoms with van der Waals surface area (Å²) in [6.07, 6.45) is 0.832. The fraction of sp³-hybridized carbons (Fsp3) is 0.333. The monoisotopic (exact) mass is 408 g/mol. The molecule has 0 atom stereocenters. The molecule has 0 unspecified atom stereocenters. The molecule has 0 saturated carbocycles. The number of aromatic nitrogens is 1. The summed E-state index contributed by atoms with van der Waals surface area (Å²) in [5.41, 5.74) is 1.15. The summed E-state index contributed by atoms with van der Waals surface area (Å²) in [7, 11) is -3.84. The summed E-state index contributed by atoms with van der Waals surface area (Å²) < 4.78 is 30.2. The maximum atomic E-state index is 12.4. The topological polar surface area (TPSA) is 126 Å². The van der Waals surface area contributed by atoms with Crippen molar-refractivity contribution in [1.29, 1.82) is 0 Å². The molecule has 0 spiro atoms. The van der Waals surface area contributed by atoms with Gasteiger partial charge in [-0.2, -0.15) is 0 Å². The van der Waals surface area contributed by atoms with Crippen LogP contribution in [0.2, 0.25) is 0 Å². The van der Waals surface area contributed by atoms with Crippen LogP contribution in [0, 0.1) is 24.0 Å². The van der Waals surface area contributed by atoms with Crippen LogP contribution in [-0.2, 0) is 21.1 Å². The standard InChI is InChI=1S/C18H20N2O7S/c1-5-19-11(2)8-14(12(19)3)16(21)10-27-18(22)13-6-7-17(28(4,25)26)15(9-13)20(23)24/h6-9H,5,10H2,1-4H3. The molecule has 0 saturated heterocycles. The lowest BCUT2D eigenvalue weighted by atomic mass is 10.1. The van der Waals surface area contributed by atoms with Crippen LogP contribution < -0.4 is 0 Å². The van der Waals surface area contributed by atoms with E-state index in [1.807, 2.05) is 18.4 Å². The number of nitro benzene ring substituents is 1. The van der Waals surface area contributed by atoms with Crippen molar-refractivity contribution >= 4 is 27.3 Å². The Morgan fingerprint density at radius 3 is 2.36 bits per heavy atom. The van der Waals surface area contributed by atoms with E-state index in [1.54, 1.807) is 13.0 Å². The van der Waals surface area contributed by atoms with Gasteiger partial charge >= 0.3 is 5.97 Å². The van der Waals surface area contributed by atoms with Gasteiger partial charge in [-0.3, -0.25) is 14.9 Å². The lowest BCUT2D eigenvalue weighted by Crippen LogP contribution is -2.15. The quantitative estimate of drug-likeness (QED) is 0.298. The molecular weight excluding hydrogens is 388 g/mol. The number of carbonyl (C=O) groups is 2. The molecule has 2 aromatic rings. The highest BCUT2D eigenvalue weighted by molar-refractivity contribution is 7.90. The zero-order chi connectivity index (χ0) is 21.2. The van der Waals surface area contributed by atoms with E-state index in [-0.39, 0.29) is 5.56 Å². The van der Waals surface area contributed by atoms with E-state index in [9.17, 15) is 28.1 Å². The molecule has 28 heavy (non-hydrogen) atoms. The molecule has 1 aromatic carbocycles. The first-order chi connectivity index (χ1) is 13.0. The number of aryl methyl sites for hydroxylation is 1. The number of carbonyl (C=O) groups excluding carboxylic acids is 2. The van der Waals surface area contributed by atoms with Crippen LogP contribution in [0.3, 0.4) is 0 Å². The van der Waals surface area contributed by atoms with Crippen LogP contribution in [0.4, 0.5) is 5.69 Å². The fourth-order valence-corrected chi connectivity index (χ4v) is 3.79. The predicted octanol–water partition coefficient (Wildman–Crippen LogP) is 2.48. The second kappa shape index (κ2) is 7.93. The van der Waals surface area contributed by atoms with Crippen molar-refractivity contribution in [2.45, 2.75) is 32.2 Å². The van der Waals surface area contributed by atoms with Gasteiger partial charge in [-0.1, -0.05) is 0 Å². The van der Waals surface area contributed by atoms with Crippen LogP contribution in [-0.4, -0.2) is 42.5 Å². The van der Waals surface area contributed by atoms with E-state index >= 15 is 0 Å². The molecular formula is C18H20N2O7S. The molecule has 9 nitrogen and oxygen atoms in total. The number of sulfone groups is 1. The highest BCUT2D eigenvalue weighted by Crippen LogP contribution is 2.25. The van der Waals surface area contributed by atoms with Gasteiger partial charge in [-0.15, -0.1) is 0 Å². The summed E-state index contributed by atoms with van der Waals surface area (Å²) in [5, 5.41) is 11.1. The summed E-state index contributed by atoms with van der Waals surface area (Å²) >= 11 is 0. The van der Waals surface area contributed by atoms with Crippen LogP contribution >= 0.6 is 0 Å². The first-order valence-corrected chi connectivity index (χ1v) is 10.2. The second-order valence-electron chi connectivity index (χ2n) is 6.24. The Hall–Kier alpha value is -3.01. The molecule has 0 bridgehead atoms. The lowest BCUT2D eigenvalue weighted by molar-refractivity contribution is -0.387. The maximum Gasteiger partial charge on any atom is 0.338 e. The number of nitrogens with zero attached hydrogens (tertiary/aromatic N) is 2. The SMILES string of the molecule is CCn1c(C)cc(C(=O)COC(=O)c2ccc(S(C)(=O)=O)c([N+](=O)[O-])c2)c1C. The van der Waals surface area contributed by atoms with Gasteiger partial charge in [0.25, 0.3) is 5.69 Å². The average molecular weight is 408 g/mol. The number of esters is 1. The largest absolute Gasteiger partial charge is 0.454 e. The van der Waals surface area contributed by atoms with Crippen molar-refractivity contribution in [3.05, 3.63) is 56.9 Å². The van der Waals surface area contributed by atoms with Gasteiger partial charge in [0.1, 0.15) is 4.90 Å². The molecule has 0 aliphatic rings. The summed E-state index contributed by atoms with van der Waals surface area (Å²) in [5.74, 6) is -1.36. The fourth-order valence-electron chi connectivity index (χ4n) is 2.96. The summed E-state index contributed by atoms with van der Waals surface area (Å²) in [6, 6.07) is 4.62. The van der Waals surface area contributed by atoms with Crippen LogP contribution in [0.1, 0.15) is 39.0 Å². The van der Waals surface area contributed by atoms with Crippen molar-refractivity contribution in [2.75, 3.05) is 12.9 Å². The van der Waals surface area contributed by atoms with E-state index in [0.29, 0.717) is 12.1 Å². The van der Waals surface area contributed by atoms with Gasteiger partial charge in [-0.05, 0) is 39.0 Å². The van der Waals surface area contributed by atoms with Crippen molar-refractivity contribution < 1.29 is 27.7 Å². The Bertz CT molecular complexity index is 1070. The van der Waals surface area contributed by atoms with Gasteiger partial charge in [-0.25, -0.2) is 13.2 Å². The van der Waals surface area contributed by atoms with E-state index in [0.717, 1.165) is 35.8 Å². The minimum absolute atomic E-state index is 0.217. The number of hydrogen-bond acceptors (Lipinski definition) is 7. The third kappa shape index (κ3) is 4.28. The molecule has 0 N–H and O–H groups in total. The Balaban J connectivity index is 2.21. The smallest absolute Gasteiger partial charge is 0.338 e. The molecule has 0 aliphatic heterocycles. The normalized spacial score (nSPS) is 11.3. The Kier molecular flexibility index (Phi) is 6.03. The molecule has 2 rings (SSSR count). The molecule has 0 aliphatic carbocycles. The Morgan fingerprint density at radius 2 is 1.86 bits per heavy atom.